The normalized spacial score (nSPS) is 11.7. The van der Waals surface area contributed by atoms with Crippen molar-refractivity contribution in [2.75, 3.05) is 6.54 Å². The summed E-state index contributed by atoms with van der Waals surface area (Å²) in [6, 6.07) is 13.8. The van der Waals surface area contributed by atoms with Gasteiger partial charge in [0.2, 0.25) is 0 Å². The van der Waals surface area contributed by atoms with Gasteiger partial charge in [0, 0.05) is 23.7 Å². The van der Waals surface area contributed by atoms with E-state index >= 15 is 0 Å². The van der Waals surface area contributed by atoms with Crippen molar-refractivity contribution in [3.63, 3.8) is 0 Å². The maximum absolute atomic E-state index is 12.5. The summed E-state index contributed by atoms with van der Waals surface area (Å²) < 4.78 is 0. The van der Waals surface area contributed by atoms with Crippen LogP contribution in [0.25, 0.3) is 0 Å². The Bertz CT molecular complexity index is 673. The first-order chi connectivity index (χ1) is 11.2. The van der Waals surface area contributed by atoms with E-state index in [2.05, 4.69) is 5.43 Å². The molecular formula is C19H24N2O3. The van der Waals surface area contributed by atoms with Crippen molar-refractivity contribution in [1.29, 1.82) is 0 Å². The second-order valence-corrected chi connectivity index (χ2v) is 6.86. The summed E-state index contributed by atoms with van der Waals surface area (Å²) in [6.07, 6.45) is 0. The van der Waals surface area contributed by atoms with Crippen molar-refractivity contribution in [2.24, 2.45) is 0 Å². The van der Waals surface area contributed by atoms with Gasteiger partial charge in [0.15, 0.2) is 5.78 Å². The smallest absolute Gasteiger partial charge is 0.178 e. The lowest BCUT2D eigenvalue weighted by atomic mass is 10.1. The number of aromatic hydroxyl groups is 2. The van der Waals surface area contributed by atoms with Crippen LogP contribution < -0.4 is 5.43 Å². The fourth-order valence-electron chi connectivity index (χ4n) is 2.43. The summed E-state index contributed by atoms with van der Waals surface area (Å²) in [5, 5.41) is 21.0. The number of carbonyl (C=O) groups excluding carboxylic acids is 1. The molecule has 2 aromatic carbocycles. The molecule has 3 N–H and O–H groups in total. The highest BCUT2D eigenvalue weighted by Crippen LogP contribution is 2.21. The zero-order chi connectivity index (χ0) is 17.7. The number of rotatable bonds is 6. The van der Waals surface area contributed by atoms with Gasteiger partial charge < -0.3 is 10.2 Å². The van der Waals surface area contributed by atoms with Crippen LogP contribution in [-0.2, 0) is 6.54 Å². The number of ketones is 1. The van der Waals surface area contributed by atoms with Crippen LogP contribution in [0.15, 0.2) is 48.5 Å². The van der Waals surface area contributed by atoms with E-state index in [0.717, 1.165) is 5.56 Å². The summed E-state index contributed by atoms with van der Waals surface area (Å²) in [4.78, 5) is 12.5. The SMILES string of the molecule is CC(C)(C)NN(CC(=O)c1cc(O)cc(O)c1)Cc1ccccc1. The number of phenolic OH excluding ortho intramolecular Hbond substituents is 2. The Balaban J connectivity index is 2.16. The molecule has 128 valence electrons. The molecule has 0 saturated heterocycles. The minimum atomic E-state index is -0.198. The van der Waals surface area contributed by atoms with Gasteiger partial charge >= 0.3 is 0 Å². The first-order valence-electron chi connectivity index (χ1n) is 7.86. The number of hydrazine groups is 1. The Labute approximate surface area is 142 Å². The molecule has 0 radical (unpaired) electrons. The van der Waals surface area contributed by atoms with Crippen LogP contribution >= 0.6 is 0 Å². The lowest BCUT2D eigenvalue weighted by Gasteiger charge is -2.31. The minimum Gasteiger partial charge on any atom is -0.508 e. The molecule has 0 aliphatic carbocycles. The highest BCUT2D eigenvalue weighted by atomic mass is 16.3. The molecule has 0 heterocycles. The van der Waals surface area contributed by atoms with Gasteiger partial charge in [-0.05, 0) is 38.5 Å². The molecule has 0 saturated carbocycles. The minimum absolute atomic E-state index is 0.120. The summed E-state index contributed by atoms with van der Waals surface area (Å²) >= 11 is 0. The van der Waals surface area contributed by atoms with E-state index in [9.17, 15) is 15.0 Å². The van der Waals surface area contributed by atoms with Crippen molar-refractivity contribution >= 4 is 5.78 Å². The molecule has 24 heavy (non-hydrogen) atoms. The first-order valence-corrected chi connectivity index (χ1v) is 7.86. The third-order valence-corrected chi connectivity index (χ3v) is 3.27. The van der Waals surface area contributed by atoms with Crippen LogP contribution in [0.3, 0.4) is 0 Å². The molecule has 5 heteroatoms. The lowest BCUT2D eigenvalue weighted by molar-refractivity contribution is 0.0783. The van der Waals surface area contributed by atoms with Gasteiger partial charge in [0.25, 0.3) is 0 Å². The number of Topliss-reactive ketones (excluding diaryl/α,β-unsaturated/α-hetero) is 1. The van der Waals surface area contributed by atoms with E-state index in [0.29, 0.717) is 6.54 Å². The molecule has 0 spiro atoms. The zero-order valence-electron chi connectivity index (χ0n) is 14.3. The van der Waals surface area contributed by atoms with Crippen LogP contribution in [-0.4, -0.2) is 33.1 Å². The number of carbonyl (C=O) groups is 1. The van der Waals surface area contributed by atoms with E-state index in [1.54, 1.807) is 0 Å². The van der Waals surface area contributed by atoms with E-state index in [1.807, 2.05) is 56.1 Å². The molecule has 5 nitrogen and oxygen atoms in total. The molecule has 0 atom stereocenters. The predicted octanol–water partition coefficient (Wildman–Crippen LogP) is 3.09. The van der Waals surface area contributed by atoms with Gasteiger partial charge in [0.1, 0.15) is 11.5 Å². The number of phenols is 2. The molecule has 0 aliphatic heterocycles. The first kappa shape index (κ1) is 18.0. The summed E-state index contributed by atoms with van der Waals surface area (Å²) in [6.45, 7) is 6.75. The summed E-state index contributed by atoms with van der Waals surface area (Å²) in [5.74, 6) is -0.442. The van der Waals surface area contributed by atoms with Crippen molar-refractivity contribution in [3.8, 4) is 11.5 Å². The topological polar surface area (TPSA) is 72.8 Å². The second kappa shape index (κ2) is 7.47. The molecule has 0 unspecified atom stereocenters. The average molecular weight is 328 g/mol. The predicted molar refractivity (Wildman–Crippen MR) is 93.8 cm³/mol. The summed E-state index contributed by atoms with van der Waals surface area (Å²) in [7, 11) is 0. The maximum atomic E-state index is 12.5. The molecule has 0 amide bonds. The molecule has 2 aromatic rings. The van der Waals surface area contributed by atoms with E-state index in [4.69, 9.17) is 0 Å². The second-order valence-electron chi connectivity index (χ2n) is 6.86. The molecule has 0 aromatic heterocycles. The average Bonchev–Trinajstić information content (AvgIpc) is 2.45. The largest absolute Gasteiger partial charge is 0.508 e. The van der Waals surface area contributed by atoms with Gasteiger partial charge in [-0.3, -0.25) is 4.79 Å². The van der Waals surface area contributed by atoms with Crippen molar-refractivity contribution < 1.29 is 15.0 Å². The van der Waals surface area contributed by atoms with Gasteiger partial charge in [-0.15, -0.1) is 0 Å². The van der Waals surface area contributed by atoms with E-state index in [-0.39, 0.29) is 34.9 Å². The van der Waals surface area contributed by atoms with Crippen LogP contribution in [0, 0.1) is 0 Å². The van der Waals surface area contributed by atoms with Crippen molar-refractivity contribution in [3.05, 3.63) is 59.7 Å². The van der Waals surface area contributed by atoms with Crippen LogP contribution in [0.1, 0.15) is 36.7 Å². The van der Waals surface area contributed by atoms with E-state index < -0.39 is 0 Å². The lowest BCUT2D eigenvalue weighted by Crippen LogP contribution is -2.50. The van der Waals surface area contributed by atoms with Crippen molar-refractivity contribution in [1.82, 2.24) is 10.4 Å². The molecule has 0 fully saturated rings. The number of nitrogens with zero attached hydrogens (tertiary/aromatic N) is 1. The Morgan fingerprint density at radius 2 is 1.62 bits per heavy atom. The Morgan fingerprint density at radius 3 is 2.17 bits per heavy atom. The van der Waals surface area contributed by atoms with Crippen LogP contribution in [0.5, 0.6) is 11.5 Å². The van der Waals surface area contributed by atoms with Gasteiger partial charge in [-0.1, -0.05) is 30.3 Å². The van der Waals surface area contributed by atoms with Crippen molar-refractivity contribution in [2.45, 2.75) is 32.9 Å². The zero-order valence-corrected chi connectivity index (χ0v) is 14.3. The number of benzene rings is 2. The Morgan fingerprint density at radius 1 is 1.04 bits per heavy atom. The molecule has 2 rings (SSSR count). The molecular weight excluding hydrogens is 304 g/mol. The van der Waals surface area contributed by atoms with Crippen LogP contribution in [0.2, 0.25) is 0 Å². The quantitative estimate of drug-likeness (QED) is 0.561. The number of hydrogen-bond acceptors (Lipinski definition) is 5. The third-order valence-electron chi connectivity index (χ3n) is 3.27. The van der Waals surface area contributed by atoms with E-state index in [1.165, 1.54) is 18.2 Å². The van der Waals surface area contributed by atoms with Gasteiger partial charge in [-0.25, -0.2) is 10.4 Å². The summed E-state index contributed by atoms with van der Waals surface area (Å²) in [5.41, 5.74) is 4.49. The number of hydrogen-bond donors (Lipinski definition) is 3. The number of nitrogens with one attached hydrogen (secondary N) is 1. The highest BCUT2D eigenvalue weighted by Gasteiger charge is 2.19. The van der Waals surface area contributed by atoms with Crippen LogP contribution in [0.4, 0.5) is 0 Å². The van der Waals surface area contributed by atoms with Gasteiger partial charge in [-0.2, -0.15) is 0 Å². The Kier molecular flexibility index (Phi) is 5.59. The monoisotopic (exact) mass is 328 g/mol. The maximum Gasteiger partial charge on any atom is 0.178 e. The fourth-order valence-corrected chi connectivity index (χ4v) is 2.43. The van der Waals surface area contributed by atoms with Gasteiger partial charge in [0.05, 0.1) is 6.54 Å². The third kappa shape index (κ3) is 5.68. The fraction of sp³-hybridized carbons (Fsp3) is 0.316. The molecule has 0 bridgehead atoms. The molecule has 0 aliphatic rings. The highest BCUT2D eigenvalue weighted by molar-refractivity contribution is 5.98. The Hall–Kier alpha value is -2.37. The standard InChI is InChI=1S/C19H24N2O3/c1-19(2,3)20-21(12-14-7-5-4-6-8-14)13-18(24)15-9-16(22)11-17(23)10-15/h4-11,20,22-23H,12-13H2,1-3H3.